The Morgan fingerprint density at radius 2 is 2.12 bits per heavy atom. The zero-order valence-corrected chi connectivity index (χ0v) is 10.2. The summed E-state index contributed by atoms with van der Waals surface area (Å²) in [4.78, 5) is 11.4. The van der Waals surface area contributed by atoms with E-state index in [1.165, 1.54) is 6.42 Å². The second kappa shape index (κ2) is 5.28. The lowest BCUT2D eigenvalue weighted by Crippen LogP contribution is -2.26. The summed E-state index contributed by atoms with van der Waals surface area (Å²) in [5, 5.41) is 0. The SMILES string of the molecule is CC1(CCCC2OCCO2)CCCC(=O)C1. The van der Waals surface area contributed by atoms with Gasteiger partial charge in [0.1, 0.15) is 5.78 Å². The molecule has 0 spiro atoms. The third kappa shape index (κ3) is 3.29. The molecular formula is C13H22O3. The standard InChI is InChI=1S/C13H22O3/c1-13(6-2-4-11(14)10-13)7-3-5-12-15-8-9-16-12/h12H,2-10H2,1H3. The number of hydrogen-bond donors (Lipinski definition) is 0. The molecule has 92 valence electrons. The van der Waals surface area contributed by atoms with Gasteiger partial charge in [-0.15, -0.1) is 0 Å². The van der Waals surface area contributed by atoms with Crippen LogP contribution in [0.2, 0.25) is 0 Å². The van der Waals surface area contributed by atoms with E-state index < -0.39 is 0 Å². The average molecular weight is 226 g/mol. The Morgan fingerprint density at radius 1 is 1.38 bits per heavy atom. The van der Waals surface area contributed by atoms with Gasteiger partial charge in [-0.05, 0) is 37.5 Å². The average Bonchev–Trinajstić information content (AvgIpc) is 2.69. The molecule has 1 saturated heterocycles. The molecule has 1 unspecified atom stereocenters. The third-order valence-electron chi connectivity index (χ3n) is 3.77. The monoisotopic (exact) mass is 226 g/mol. The zero-order valence-electron chi connectivity index (χ0n) is 10.2. The summed E-state index contributed by atoms with van der Waals surface area (Å²) in [6, 6.07) is 0. The first-order valence-corrected chi connectivity index (χ1v) is 6.43. The van der Waals surface area contributed by atoms with Crippen molar-refractivity contribution in [3.05, 3.63) is 0 Å². The first kappa shape index (κ1) is 12.1. The molecule has 0 N–H and O–H groups in total. The summed E-state index contributed by atoms with van der Waals surface area (Å²) in [6.07, 6.45) is 7.07. The molecule has 0 bridgehead atoms. The van der Waals surface area contributed by atoms with Crippen LogP contribution in [0.25, 0.3) is 0 Å². The summed E-state index contributed by atoms with van der Waals surface area (Å²) >= 11 is 0. The molecule has 0 aromatic heterocycles. The Balaban J connectivity index is 1.69. The minimum Gasteiger partial charge on any atom is -0.350 e. The largest absolute Gasteiger partial charge is 0.350 e. The van der Waals surface area contributed by atoms with Gasteiger partial charge in [-0.25, -0.2) is 0 Å². The number of rotatable bonds is 4. The number of Topliss-reactive ketones (excluding diaryl/α,β-unsaturated/α-hetero) is 1. The Hall–Kier alpha value is -0.410. The minimum absolute atomic E-state index is 0.0166. The van der Waals surface area contributed by atoms with Crippen molar-refractivity contribution in [2.45, 2.75) is 58.2 Å². The molecule has 1 atom stereocenters. The van der Waals surface area contributed by atoms with Gasteiger partial charge < -0.3 is 9.47 Å². The van der Waals surface area contributed by atoms with Crippen molar-refractivity contribution in [3.8, 4) is 0 Å². The van der Waals surface area contributed by atoms with Crippen LogP contribution in [0.4, 0.5) is 0 Å². The molecule has 2 aliphatic rings. The van der Waals surface area contributed by atoms with Crippen LogP contribution < -0.4 is 0 Å². The predicted octanol–water partition coefficient (Wildman–Crippen LogP) is 2.68. The summed E-state index contributed by atoms with van der Waals surface area (Å²) in [5.74, 6) is 0.446. The molecule has 3 nitrogen and oxygen atoms in total. The van der Waals surface area contributed by atoms with Gasteiger partial charge in [-0.2, -0.15) is 0 Å². The van der Waals surface area contributed by atoms with Gasteiger partial charge in [-0.3, -0.25) is 4.79 Å². The molecule has 2 rings (SSSR count). The van der Waals surface area contributed by atoms with E-state index in [0.29, 0.717) is 5.78 Å². The third-order valence-corrected chi connectivity index (χ3v) is 3.77. The number of ether oxygens (including phenoxy) is 2. The van der Waals surface area contributed by atoms with Gasteiger partial charge in [0, 0.05) is 12.8 Å². The molecule has 1 aliphatic carbocycles. The second-order valence-electron chi connectivity index (χ2n) is 5.44. The van der Waals surface area contributed by atoms with Gasteiger partial charge in [0.05, 0.1) is 13.2 Å². The summed E-state index contributed by atoms with van der Waals surface area (Å²) < 4.78 is 10.8. The number of hydrogen-bond acceptors (Lipinski definition) is 3. The first-order valence-electron chi connectivity index (χ1n) is 6.43. The van der Waals surface area contributed by atoms with E-state index in [1.807, 2.05) is 0 Å². The molecule has 1 saturated carbocycles. The molecule has 0 aromatic rings. The van der Waals surface area contributed by atoms with Crippen molar-refractivity contribution in [2.75, 3.05) is 13.2 Å². The topological polar surface area (TPSA) is 35.5 Å². The van der Waals surface area contributed by atoms with Crippen molar-refractivity contribution < 1.29 is 14.3 Å². The van der Waals surface area contributed by atoms with Crippen LogP contribution in [-0.4, -0.2) is 25.3 Å². The Kier molecular flexibility index (Phi) is 3.98. The van der Waals surface area contributed by atoms with Crippen LogP contribution in [0.5, 0.6) is 0 Å². The van der Waals surface area contributed by atoms with E-state index in [4.69, 9.17) is 9.47 Å². The smallest absolute Gasteiger partial charge is 0.157 e. The lowest BCUT2D eigenvalue weighted by atomic mass is 9.72. The van der Waals surface area contributed by atoms with Crippen LogP contribution in [0.1, 0.15) is 51.9 Å². The molecular weight excluding hydrogens is 204 g/mol. The molecule has 0 aromatic carbocycles. The second-order valence-corrected chi connectivity index (χ2v) is 5.44. The summed E-state index contributed by atoms with van der Waals surface area (Å²) in [5.41, 5.74) is 0.244. The van der Waals surface area contributed by atoms with Gasteiger partial charge in [0.15, 0.2) is 6.29 Å². The highest BCUT2D eigenvalue weighted by atomic mass is 16.7. The number of carbonyl (C=O) groups is 1. The van der Waals surface area contributed by atoms with Crippen molar-refractivity contribution in [1.29, 1.82) is 0 Å². The maximum Gasteiger partial charge on any atom is 0.157 e. The molecule has 1 heterocycles. The minimum atomic E-state index is 0.0166. The normalized spacial score (nSPS) is 32.2. The van der Waals surface area contributed by atoms with Gasteiger partial charge >= 0.3 is 0 Å². The molecule has 3 heteroatoms. The molecule has 16 heavy (non-hydrogen) atoms. The van der Waals surface area contributed by atoms with Crippen molar-refractivity contribution in [2.24, 2.45) is 5.41 Å². The van der Waals surface area contributed by atoms with Crippen LogP contribution in [0.3, 0.4) is 0 Å². The molecule has 2 fully saturated rings. The van der Waals surface area contributed by atoms with E-state index in [1.54, 1.807) is 0 Å². The fourth-order valence-corrected chi connectivity index (χ4v) is 2.85. The van der Waals surface area contributed by atoms with Crippen LogP contribution in [-0.2, 0) is 14.3 Å². The van der Waals surface area contributed by atoms with E-state index in [9.17, 15) is 4.79 Å². The van der Waals surface area contributed by atoms with E-state index in [0.717, 1.165) is 51.7 Å². The van der Waals surface area contributed by atoms with Crippen molar-refractivity contribution in [3.63, 3.8) is 0 Å². The van der Waals surface area contributed by atoms with Crippen LogP contribution in [0, 0.1) is 5.41 Å². The number of ketones is 1. The van der Waals surface area contributed by atoms with E-state index in [-0.39, 0.29) is 11.7 Å². The van der Waals surface area contributed by atoms with Crippen molar-refractivity contribution in [1.82, 2.24) is 0 Å². The maximum absolute atomic E-state index is 11.4. The number of carbonyl (C=O) groups excluding carboxylic acids is 1. The van der Waals surface area contributed by atoms with Gasteiger partial charge in [-0.1, -0.05) is 6.92 Å². The highest BCUT2D eigenvalue weighted by molar-refractivity contribution is 5.79. The zero-order chi connectivity index (χ0) is 11.4. The molecule has 0 radical (unpaired) electrons. The highest BCUT2D eigenvalue weighted by Gasteiger charge is 2.30. The summed E-state index contributed by atoms with van der Waals surface area (Å²) in [6.45, 7) is 3.72. The quantitative estimate of drug-likeness (QED) is 0.739. The Bertz CT molecular complexity index is 246. The van der Waals surface area contributed by atoms with Crippen LogP contribution in [0.15, 0.2) is 0 Å². The summed E-state index contributed by atoms with van der Waals surface area (Å²) in [7, 11) is 0. The molecule has 1 aliphatic heterocycles. The Morgan fingerprint density at radius 3 is 2.81 bits per heavy atom. The fraction of sp³-hybridized carbons (Fsp3) is 0.923. The lowest BCUT2D eigenvalue weighted by Gasteiger charge is -2.32. The van der Waals surface area contributed by atoms with Crippen molar-refractivity contribution >= 4 is 5.78 Å². The lowest BCUT2D eigenvalue weighted by molar-refractivity contribution is -0.123. The van der Waals surface area contributed by atoms with E-state index >= 15 is 0 Å². The molecule has 0 amide bonds. The predicted molar refractivity (Wildman–Crippen MR) is 61.1 cm³/mol. The van der Waals surface area contributed by atoms with Gasteiger partial charge in [0.2, 0.25) is 0 Å². The fourth-order valence-electron chi connectivity index (χ4n) is 2.85. The van der Waals surface area contributed by atoms with Gasteiger partial charge in [0.25, 0.3) is 0 Å². The first-order chi connectivity index (χ1) is 7.68. The van der Waals surface area contributed by atoms with E-state index in [2.05, 4.69) is 6.92 Å². The maximum atomic E-state index is 11.4. The van der Waals surface area contributed by atoms with Crippen LogP contribution >= 0.6 is 0 Å². The highest BCUT2D eigenvalue weighted by Crippen LogP contribution is 2.38. The Labute approximate surface area is 97.5 Å².